The quantitative estimate of drug-likeness (QED) is 0.666. The van der Waals surface area contributed by atoms with E-state index in [1.54, 1.807) is 10.6 Å². The monoisotopic (exact) mass is 280 g/mol. The van der Waals surface area contributed by atoms with Crippen molar-refractivity contribution in [3.8, 4) is 11.6 Å². The first-order valence-corrected chi connectivity index (χ1v) is 7.01. The summed E-state index contributed by atoms with van der Waals surface area (Å²) in [7, 11) is 0. The number of rotatable bonds is 5. The summed E-state index contributed by atoms with van der Waals surface area (Å²) < 4.78 is 7.47. The van der Waals surface area contributed by atoms with Gasteiger partial charge in [0.2, 0.25) is 5.88 Å². The maximum Gasteiger partial charge on any atom is 0.249 e. The molecule has 106 valence electrons. The number of carbonyl (C=O) groups excluding carboxylic acids is 1. The van der Waals surface area contributed by atoms with E-state index < -0.39 is 0 Å². The Kier molecular flexibility index (Phi) is 3.69. The highest BCUT2D eigenvalue weighted by Gasteiger charge is 2.13. The third kappa shape index (κ3) is 2.65. The largest absolute Gasteiger partial charge is 0.437 e. The Morgan fingerprint density at radius 2 is 2.00 bits per heavy atom. The van der Waals surface area contributed by atoms with Gasteiger partial charge in [-0.05, 0) is 36.2 Å². The van der Waals surface area contributed by atoms with Crippen LogP contribution in [-0.4, -0.2) is 15.7 Å². The number of ether oxygens (including phenoxy) is 1. The van der Waals surface area contributed by atoms with Crippen molar-refractivity contribution >= 4 is 11.9 Å². The fourth-order valence-corrected chi connectivity index (χ4v) is 2.30. The van der Waals surface area contributed by atoms with Crippen molar-refractivity contribution in [2.45, 2.75) is 19.8 Å². The molecule has 0 aliphatic carbocycles. The zero-order valence-corrected chi connectivity index (χ0v) is 11.8. The number of hydrogen-bond acceptors (Lipinski definition) is 3. The number of hydrogen-bond donors (Lipinski definition) is 0. The van der Waals surface area contributed by atoms with Gasteiger partial charge in [0.1, 0.15) is 11.4 Å². The molecule has 0 saturated carbocycles. The Hall–Kier alpha value is -2.62. The van der Waals surface area contributed by atoms with Crippen molar-refractivity contribution in [3.63, 3.8) is 0 Å². The van der Waals surface area contributed by atoms with E-state index in [1.165, 1.54) is 5.56 Å². The molecule has 0 N–H and O–H groups in total. The first-order valence-electron chi connectivity index (χ1n) is 7.01. The molecule has 21 heavy (non-hydrogen) atoms. The van der Waals surface area contributed by atoms with Crippen LogP contribution in [0.2, 0.25) is 0 Å². The Balaban J connectivity index is 1.92. The Morgan fingerprint density at radius 1 is 1.19 bits per heavy atom. The molecule has 2 heterocycles. The summed E-state index contributed by atoms with van der Waals surface area (Å²) in [6.07, 6.45) is 4.72. The normalized spacial score (nSPS) is 10.7. The molecule has 0 bridgehead atoms. The molecule has 3 aromatic rings. The molecular weight excluding hydrogens is 264 g/mol. The lowest BCUT2D eigenvalue weighted by Crippen LogP contribution is -1.93. The van der Waals surface area contributed by atoms with Gasteiger partial charge in [-0.3, -0.25) is 9.20 Å². The molecule has 0 saturated heterocycles. The maximum absolute atomic E-state index is 11.3. The second-order valence-corrected chi connectivity index (χ2v) is 4.84. The van der Waals surface area contributed by atoms with Crippen LogP contribution in [0, 0.1) is 0 Å². The van der Waals surface area contributed by atoms with Gasteiger partial charge < -0.3 is 4.74 Å². The predicted octanol–water partition coefficient (Wildman–Crippen LogP) is 3.89. The molecule has 0 amide bonds. The van der Waals surface area contributed by atoms with E-state index in [9.17, 15) is 4.79 Å². The first-order chi connectivity index (χ1) is 10.3. The number of fused-ring (bicyclic) bond motifs is 1. The zero-order valence-electron chi connectivity index (χ0n) is 11.8. The first kappa shape index (κ1) is 13.4. The van der Waals surface area contributed by atoms with Gasteiger partial charge in [-0.1, -0.05) is 31.5 Å². The minimum Gasteiger partial charge on any atom is -0.437 e. The van der Waals surface area contributed by atoms with Crippen LogP contribution in [0.3, 0.4) is 0 Å². The summed E-state index contributed by atoms with van der Waals surface area (Å²) in [4.78, 5) is 15.6. The van der Waals surface area contributed by atoms with E-state index in [-0.39, 0.29) is 0 Å². The summed E-state index contributed by atoms with van der Waals surface area (Å²) in [6.45, 7) is 2.15. The van der Waals surface area contributed by atoms with Gasteiger partial charge in [-0.25, -0.2) is 0 Å². The maximum atomic E-state index is 11.3. The highest BCUT2D eigenvalue weighted by molar-refractivity contribution is 5.78. The molecule has 0 aliphatic heterocycles. The van der Waals surface area contributed by atoms with Gasteiger partial charge >= 0.3 is 0 Å². The molecule has 0 aliphatic rings. The van der Waals surface area contributed by atoms with Crippen LogP contribution in [0.5, 0.6) is 11.6 Å². The highest BCUT2D eigenvalue weighted by Crippen LogP contribution is 2.25. The fraction of sp³-hybridized carbons (Fsp3) is 0.176. The summed E-state index contributed by atoms with van der Waals surface area (Å²) >= 11 is 0. The highest BCUT2D eigenvalue weighted by atomic mass is 16.5. The van der Waals surface area contributed by atoms with Gasteiger partial charge in [0.05, 0.1) is 0 Å². The summed E-state index contributed by atoms with van der Waals surface area (Å²) in [5.74, 6) is 1.01. The standard InChI is InChI=1S/C17H16N2O2/c1-2-5-13-7-9-14(10-8-13)21-17-15(12-20)19-11-4-3-6-16(19)18-17/h3-4,6-12H,2,5H2,1H3. The zero-order chi connectivity index (χ0) is 14.7. The molecule has 0 fully saturated rings. The number of nitrogens with zero attached hydrogens (tertiary/aromatic N) is 2. The smallest absolute Gasteiger partial charge is 0.249 e. The van der Waals surface area contributed by atoms with E-state index in [0.717, 1.165) is 19.1 Å². The van der Waals surface area contributed by atoms with Crippen molar-refractivity contribution in [2.75, 3.05) is 0 Å². The minimum atomic E-state index is 0.333. The van der Waals surface area contributed by atoms with Crippen LogP contribution in [-0.2, 0) is 6.42 Å². The van der Waals surface area contributed by atoms with Crippen LogP contribution in [0.25, 0.3) is 5.65 Å². The fourth-order valence-electron chi connectivity index (χ4n) is 2.30. The van der Waals surface area contributed by atoms with Crippen molar-refractivity contribution in [1.29, 1.82) is 0 Å². The predicted molar refractivity (Wildman–Crippen MR) is 81.1 cm³/mol. The van der Waals surface area contributed by atoms with Crippen molar-refractivity contribution < 1.29 is 9.53 Å². The molecule has 4 nitrogen and oxygen atoms in total. The third-order valence-electron chi connectivity index (χ3n) is 3.32. The number of aldehydes is 1. The lowest BCUT2D eigenvalue weighted by Gasteiger charge is -2.04. The van der Waals surface area contributed by atoms with E-state index >= 15 is 0 Å². The van der Waals surface area contributed by atoms with E-state index in [2.05, 4.69) is 11.9 Å². The van der Waals surface area contributed by atoms with E-state index in [4.69, 9.17) is 4.74 Å². The molecule has 0 radical (unpaired) electrons. The Morgan fingerprint density at radius 3 is 2.71 bits per heavy atom. The number of pyridine rings is 1. The van der Waals surface area contributed by atoms with Gasteiger partial charge in [0.15, 0.2) is 12.0 Å². The lowest BCUT2D eigenvalue weighted by molar-refractivity contribution is 0.111. The van der Waals surface area contributed by atoms with Crippen LogP contribution in [0.15, 0.2) is 48.7 Å². The minimum absolute atomic E-state index is 0.333. The third-order valence-corrected chi connectivity index (χ3v) is 3.32. The van der Waals surface area contributed by atoms with Crippen molar-refractivity contribution in [3.05, 3.63) is 59.9 Å². The number of benzene rings is 1. The average molecular weight is 280 g/mol. The van der Waals surface area contributed by atoms with E-state index in [1.807, 2.05) is 42.5 Å². The van der Waals surface area contributed by atoms with Crippen molar-refractivity contribution in [2.24, 2.45) is 0 Å². The van der Waals surface area contributed by atoms with Crippen LogP contribution >= 0.6 is 0 Å². The molecule has 1 aromatic carbocycles. The summed E-state index contributed by atoms with van der Waals surface area (Å²) in [5.41, 5.74) is 2.39. The molecule has 0 atom stereocenters. The van der Waals surface area contributed by atoms with Gasteiger partial charge in [0.25, 0.3) is 0 Å². The van der Waals surface area contributed by atoms with E-state index in [0.29, 0.717) is 23.0 Å². The second kappa shape index (κ2) is 5.79. The number of aromatic nitrogens is 2. The Labute approximate surface area is 123 Å². The average Bonchev–Trinajstić information content (AvgIpc) is 2.86. The van der Waals surface area contributed by atoms with Crippen LogP contribution in [0.4, 0.5) is 0 Å². The van der Waals surface area contributed by atoms with Crippen molar-refractivity contribution in [1.82, 2.24) is 9.38 Å². The summed E-state index contributed by atoms with van der Waals surface area (Å²) in [5, 5.41) is 0. The van der Waals surface area contributed by atoms with Gasteiger partial charge in [-0.2, -0.15) is 4.98 Å². The summed E-state index contributed by atoms with van der Waals surface area (Å²) in [6, 6.07) is 13.5. The lowest BCUT2D eigenvalue weighted by atomic mass is 10.1. The van der Waals surface area contributed by atoms with Gasteiger partial charge in [0, 0.05) is 6.20 Å². The molecule has 3 rings (SSSR count). The molecular formula is C17H16N2O2. The Bertz CT molecular complexity index is 760. The van der Waals surface area contributed by atoms with Crippen LogP contribution < -0.4 is 4.74 Å². The molecule has 0 spiro atoms. The number of aryl methyl sites for hydroxylation is 1. The van der Waals surface area contributed by atoms with Gasteiger partial charge in [-0.15, -0.1) is 0 Å². The van der Waals surface area contributed by atoms with Crippen LogP contribution in [0.1, 0.15) is 29.4 Å². The molecule has 4 heteroatoms. The molecule has 0 unspecified atom stereocenters. The number of imidazole rings is 1. The molecule has 2 aromatic heterocycles. The SMILES string of the molecule is CCCc1ccc(Oc2nc3ccccn3c2C=O)cc1. The number of carbonyl (C=O) groups is 1. The second-order valence-electron chi connectivity index (χ2n) is 4.84. The topological polar surface area (TPSA) is 43.6 Å².